The van der Waals surface area contributed by atoms with Gasteiger partial charge in [0.2, 0.25) is 0 Å². The van der Waals surface area contributed by atoms with E-state index in [9.17, 15) is 4.57 Å². The standard InChI is InChI=1S/C30H41N6O6P/c1-21(2)39-30(40-22(3)4)24(6)36(20-38-23(5)17-35-19-34-27-28(31)32-18-33-29(27)35)43(37,41-25-13-9-7-10-14-25)42-26-15-11-8-12-16-26/h7-16,18-19,21-24,30H,17,20H2,1-6H3,(H2,31,32,33)/t23-,24+/m1/s1. The van der Waals surface area contributed by atoms with Crippen molar-refractivity contribution in [2.24, 2.45) is 0 Å². The molecule has 0 radical (unpaired) electrons. The molecule has 2 aromatic heterocycles. The van der Waals surface area contributed by atoms with Crippen LogP contribution in [0.1, 0.15) is 41.5 Å². The molecule has 2 N–H and O–H groups in total. The summed E-state index contributed by atoms with van der Waals surface area (Å²) in [6.45, 7) is 11.7. The SMILES string of the molecule is CC(C)OC(OC(C)C)[C@H](C)N(CO[C@H](C)Cn1cnc2c(N)ncnc21)P(=O)(Oc1ccccc1)Oc1ccccc1. The molecule has 0 bridgehead atoms. The molecule has 2 heterocycles. The van der Waals surface area contributed by atoms with Gasteiger partial charge in [0.15, 0.2) is 17.8 Å². The minimum absolute atomic E-state index is 0.136. The number of ether oxygens (including phenoxy) is 3. The van der Waals surface area contributed by atoms with Crippen LogP contribution in [0.2, 0.25) is 0 Å². The van der Waals surface area contributed by atoms with Gasteiger partial charge < -0.3 is 33.6 Å². The maximum Gasteiger partial charge on any atom is 0.517 e. The summed E-state index contributed by atoms with van der Waals surface area (Å²) in [5, 5.41) is 0. The number of para-hydroxylation sites is 2. The lowest BCUT2D eigenvalue weighted by Gasteiger charge is -2.38. The molecular formula is C30H41N6O6P. The van der Waals surface area contributed by atoms with Gasteiger partial charge in [-0.1, -0.05) is 36.4 Å². The molecule has 12 nitrogen and oxygen atoms in total. The van der Waals surface area contributed by atoms with Crippen molar-refractivity contribution in [1.82, 2.24) is 24.2 Å². The second kappa shape index (κ2) is 14.8. The number of imidazole rings is 1. The van der Waals surface area contributed by atoms with Crippen molar-refractivity contribution in [3.05, 3.63) is 73.3 Å². The molecule has 43 heavy (non-hydrogen) atoms. The van der Waals surface area contributed by atoms with E-state index in [0.29, 0.717) is 35.0 Å². The second-order valence-corrected chi connectivity index (χ2v) is 12.4. The van der Waals surface area contributed by atoms with Crippen LogP contribution in [-0.2, 0) is 25.3 Å². The van der Waals surface area contributed by atoms with E-state index >= 15 is 0 Å². The van der Waals surface area contributed by atoms with Crippen LogP contribution in [0.25, 0.3) is 11.2 Å². The summed E-state index contributed by atoms with van der Waals surface area (Å²) in [6, 6.07) is 17.1. The largest absolute Gasteiger partial charge is 0.517 e. The highest BCUT2D eigenvalue weighted by Crippen LogP contribution is 2.53. The van der Waals surface area contributed by atoms with E-state index in [1.54, 1.807) is 54.9 Å². The molecule has 0 saturated carbocycles. The maximum absolute atomic E-state index is 15.0. The molecule has 0 amide bonds. The number of nitrogens with zero attached hydrogens (tertiary/aromatic N) is 5. The third kappa shape index (κ3) is 8.75. The Morgan fingerprint density at radius 2 is 1.40 bits per heavy atom. The summed E-state index contributed by atoms with van der Waals surface area (Å²) in [5.41, 5.74) is 7.06. The minimum Gasteiger partial charge on any atom is -0.404 e. The highest BCUT2D eigenvalue weighted by molar-refractivity contribution is 7.52. The van der Waals surface area contributed by atoms with Gasteiger partial charge in [-0.2, -0.15) is 4.67 Å². The van der Waals surface area contributed by atoms with Crippen molar-refractivity contribution >= 4 is 24.7 Å². The molecule has 0 unspecified atom stereocenters. The van der Waals surface area contributed by atoms with Crippen molar-refractivity contribution in [2.45, 2.75) is 78.7 Å². The van der Waals surface area contributed by atoms with E-state index in [4.69, 9.17) is 29.0 Å². The number of rotatable bonds is 16. The fraction of sp³-hybridized carbons (Fsp3) is 0.433. The van der Waals surface area contributed by atoms with Crippen LogP contribution in [-0.4, -0.2) is 61.6 Å². The van der Waals surface area contributed by atoms with Gasteiger partial charge in [0, 0.05) is 0 Å². The van der Waals surface area contributed by atoms with E-state index < -0.39 is 20.1 Å². The predicted octanol–water partition coefficient (Wildman–Crippen LogP) is 5.90. The molecule has 2 atom stereocenters. The Balaban J connectivity index is 1.66. The molecule has 13 heteroatoms. The Kier molecular flexibility index (Phi) is 11.1. The quantitative estimate of drug-likeness (QED) is 0.120. The topological polar surface area (TPSA) is 136 Å². The predicted molar refractivity (Wildman–Crippen MR) is 164 cm³/mol. The van der Waals surface area contributed by atoms with Crippen molar-refractivity contribution in [2.75, 3.05) is 12.5 Å². The smallest absolute Gasteiger partial charge is 0.404 e. The zero-order valence-electron chi connectivity index (χ0n) is 25.4. The third-order valence-corrected chi connectivity index (χ3v) is 8.29. The monoisotopic (exact) mass is 612 g/mol. The van der Waals surface area contributed by atoms with Crippen molar-refractivity contribution in [3.63, 3.8) is 0 Å². The molecular weight excluding hydrogens is 571 g/mol. The van der Waals surface area contributed by atoms with Crippen LogP contribution in [0.4, 0.5) is 5.82 Å². The summed E-state index contributed by atoms with van der Waals surface area (Å²) >= 11 is 0. The van der Waals surface area contributed by atoms with Gasteiger partial charge in [-0.15, -0.1) is 0 Å². The van der Waals surface area contributed by atoms with Gasteiger partial charge in [-0.25, -0.2) is 19.5 Å². The van der Waals surface area contributed by atoms with E-state index in [-0.39, 0.29) is 25.0 Å². The molecule has 0 saturated heterocycles. The van der Waals surface area contributed by atoms with Gasteiger partial charge in [0.05, 0.1) is 37.2 Å². The zero-order chi connectivity index (χ0) is 31.0. The minimum atomic E-state index is -4.15. The van der Waals surface area contributed by atoms with Crippen LogP contribution >= 0.6 is 7.75 Å². The highest BCUT2D eigenvalue weighted by Gasteiger charge is 2.44. The Labute approximate surface area is 252 Å². The van der Waals surface area contributed by atoms with Crippen LogP contribution in [0.15, 0.2) is 73.3 Å². The van der Waals surface area contributed by atoms with Crippen molar-refractivity contribution in [1.29, 1.82) is 0 Å². The third-order valence-electron chi connectivity index (χ3n) is 6.29. The number of hydrogen-bond acceptors (Lipinski definition) is 10. The molecule has 232 valence electrons. The average molecular weight is 613 g/mol. The molecule has 2 aromatic carbocycles. The highest BCUT2D eigenvalue weighted by atomic mass is 31.2. The summed E-state index contributed by atoms with van der Waals surface area (Å²) < 4.78 is 49.3. The lowest BCUT2D eigenvalue weighted by molar-refractivity contribution is -0.208. The maximum atomic E-state index is 15.0. The number of nitrogens with two attached hydrogens (primary N) is 1. The first-order valence-electron chi connectivity index (χ1n) is 14.3. The Morgan fingerprint density at radius 1 is 0.837 bits per heavy atom. The van der Waals surface area contributed by atoms with Gasteiger partial charge in [0.25, 0.3) is 0 Å². The van der Waals surface area contributed by atoms with Gasteiger partial charge in [-0.05, 0) is 65.8 Å². The van der Waals surface area contributed by atoms with E-state index in [0.717, 1.165) is 0 Å². The van der Waals surface area contributed by atoms with E-state index in [2.05, 4.69) is 15.0 Å². The molecule has 0 aliphatic carbocycles. The van der Waals surface area contributed by atoms with Gasteiger partial charge >= 0.3 is 7.75 Å². The molecule has 4 aromatic rings. The number of aromatic nitrogens is 4. The average Bonchev–Trinajstić information content (AvgIpc) is 3.37. The number of nitrogen functional groups attached to an aromatic ring is 1. The molecule has 0 spiro atoms. The Morgan fingerprint density at radius 3 is 1.93 bits per heavy atom. The zero-order valence-corrected chi connectivity index (χ0v) is 26.3. The molecule has 0 aliphatic heterocycles. The van der Waals surface area contributed by atoms with Crippen molar-refractivity contribution in [3.8, 4) is 11.5 Å². The summed E-state index contributed by atoms with van der Waals surface area (Å²) in [7, 11) is -4.15. The Bertz CT molecular complexity index is 1420. The molecule has 0 aliphatic rings. The molecule has 4 rings (SSSR count). The first-order valence-corrected chi connectivity index (χ1v) is 15.8. The van der Waals surface area contributed by atoms with E-state index in [1.165, 1.54) is 11.0 Å². The van der Waals surface area contributed by atoms with Crippen LogP contribution in [0, 0.1) is 0 Å². The first-order chi connectivity index (χ1) is 20.6. The van der Waals surface area contributed by atoms with Crippen LogP contribution in [0.5, 0.6) is 11.5 Å². The van der Waals surface area contributed by atoms with Gasteiger partial charge in [0.1, 0.15) is 30.1 Å². The number of fused-ring (bicyclic) bond motifs is 1. The lowest BCUT2D eigenvalue weighted by atomic mass is 10.3. The second-order valence-electron chi connectivity index (χ2n) is 10.6. The lowest BCUT2D eigenvalue weighted by Crippen LogP contribution is -2.47. The van der Waals surface area contributed by atoms with Crippen LogP contribution < -0.4 is 14.8 Å². The molecule has 0 fully saturated rings. The van der Waals surface area contributed by atoms with Gasteiger partial charge in [-0.3, -0.25) is 0 Å². The number of anilines is 1. The summed E-state index contributed by atoms with van der Waals surface area (Å²) in [4.78, 5) is 12.7. The summed E-state index contributed by atoms with van der Waals surface area (Å²) in [6.07, 6.45) is 1.56. The van der Waals surface area contributed by atoms with Crippen molar-refractivity contribution < 1.29 is 27.8 Å². The van der Waals surface area contributed by atoms with Crippen LogP contribution in [0.3, 0.4) is 0 Å². The first kappa shape index (κ1) is 32.4. The Hall–Kier alpha value is -3.54. The summed E-state index contributed by atoms with van der Waals surface area (Å²) in [5.74, 6) is 1.05. The fourth-order valence-corrected chi connectivity index (χ4v) is 6.05. The number of benzene rings is 2. The normalized spacial score (nSPS) is 13.7. The van der Waals surface area contributed by atoms with E-state index in [1.807, 2.05) is 58.2 Å². The number of hydrogen-bond donors (Lipinski definition) is 1. The fourth-order valence-electron chi connectivity index (χ4n) is 4.27.